The normalized spacial score (nSPS) is 11.0. The number of carbonyl (C=O) groups excluding carboxylic acids is 2. The lowest BCUT2D eigenvalue weighted by Gasteiger charge is -2.21. The number of benzene rings is 1. The number of hydrogen-bond acceptors (Lipinski definition) is 4. The Morgan fingerprint density at radius 2 is 1.82 bits per heavy atom. The summed E-state index contributed by atoms with van der Waals surface area (Å²) >= 11 is 1.45. The molecule has 1 aromatic rings. The van der Waals surface area contributed by atoms with E-state index in [1.807, 2.05) is 44.2 Å². The first-order valence-electron chi connectivity index (χ1n) is 5.30. The molecule has 0 unspecified atom stereocenters. The molecular formula is C13H16O3S. The van der Waals surface area contributed by atoms with Gasteiger partial charge in [0.25, 0.3) is 0 Å². The summed E-state index contributed by atoms with van der Waals surface area (Å²) in [5.74, 6) is -0.616. The molecule has 1 rings (SSSR count). The summed E-state index contributed by atoms with van der Waals surface area (Å²) in [4.78, 5) is 24.0. The maximum Gasteiger partial charge on any atom is 0.313 e. The van der Waals surface area contributed by atoms with Crippen LogP contribution in [0, 0.1) is 0 Å². The van der Waals surface area contributed by atoms with Crippen molar-refractivity contribution in [3.63, 3.8) is 0 Å². The van der Waals surface area contributed by atoms with Crippen molar-refractivity contribution in [1.82, 2.24) is 0 Å². The molecule has 0 aromatic heterocycles. The molecule has 0 aliphatic carbocycles. The van der Waals surface area contributed by atoms with Crippen LogP contribution in [0.1, 0.15) is 20.3 Å². The summed E-state index contributed by atoms with van der Waals surface area (Å²) in [5, 5.41) is 0. The molecule has 0 aliphatic rings. The van der Waals surface area contributed by atoms with Crippen LogP contribution in [0.5, 0.6) is 0 Å². The zero-order valence-electron chi connectivity index (χ0n) is 10.2. The summed E-state index contributed by atoms with van der Waals surface area (Å²) < 4.78 is 3.87. The maximum absolute atomic E-state index is 11.9. The lowest BCUT2D eigenvalue weighted by molar-refractivity contribution is -0.143. The quantitative estimate of drug-likeness (QED) is 0.459. The first-order chi connectivity index (χ1) is 7.95. The lowest BCUT2D eigenvalue weighted by Crippen LogP contribution is -2.30. The molecule has 0 radical (unpaired) electrons. The topological polar surface area (TPSA) is 43.4 Å². The molecule has 0 atom stereocenters. The molecule has 0 saturated heterocycles. The third kappa shape index (κ3) is 4.23. The van der Waals surface area contributed by atoms with Crippen LogP contribution in [-0.2, 0) is 14.3 Å². The van der Waals surface area contributed by atoms with Crippen molar-refractivity contribution in [1.29, 1.82) is 0 Å². The molecule has 0 spiro atoms. The predicted octanol–water partition coefficient (Wildman–Crippen LogP) is 2.69. The second-order valence-electron chi connectivity index (χ2n) is 4.10. The number of Topliss-reactive ketones (excluding diaryl/α,β-unsaturated/α-hetero) is 1. The highest BCUT2D eigenvalue weighted by Gasteiger charge is 2.30. The van der Waals surface area contributed by atoms with E-state index in [0.29, 0.717) is 0 Å². The van der Waals surface area contributed by atoms with E-state index in [4.69, 9.17) is 0 Å². The summed E-state index contributed by atoms with van der Waals surface area (Å²) in [7, 11) is 1.28. The smallest absolute Gasteiger partial charge is 0.313 e. The molecule has 3 nitrogen and oxygen atoms in total. The van der Waals surface area contributed by atoms with Gasteiger partial charge in [-0.25, -0.2) is 0 Å². The van der Waals surface area contributed by atoms with Crippen molar-refractivity contribution in [2.24, 2.45) is 0 Å². The molecule has 1 aromatic carbocycles. The zero-order chi connectivity index (χ0) is 12.9. The van der Waals surface area contributed by atoms with Gasteiger partial charge in [-0.2, -0.15) is 0 Å². The first-order valence-corrected chi connectivity index (χ1v) is 6.11. The molecule has 4 heteroatoms. The van der Waals surface area contributed by atoms with E-state index in [-0.39, 0.29) is 12.2 Å². The minimum Gasteiger partial charge on any atom is -0.469 e. The fourth-order valence-electron chi connectivity index (χ4n) is 1.26. The monoisotopic (exact) mass is 252 g/mol. The zero-order valence-corrected chi connectivity index (χ0v) is 11.0. The van der Waals surface area contributed by atoms with E-state index in [0.717, 1.165) is 4.90 Å². The second-order valence-corrected chi connectivity index (χ2v) is 5.80. The molecule has 0 amide bonds. The first kappa shape index (κ1) is 13.8. The molecule has 0 heterocycles. The molecule has 0 N–H and O–H groups in total. The lowest BCUT2D eigenvalue weighted by atomic mass is 10.1. The van der Waals surface area contributed by atoms with Crippen LogP contribution in [0.2, 0.25) is 0 Å². The summed E-state index contributed by atoms with van der Waals surface area (Å²) in [5.41, 5.74) is 0. The van der Waals surface area contributed by atoms with Crippen LogP contribution < -0.4 is 0 Å². The average Bonchev–Trinajstić information content (AvgIpc) is 2.29. The molecular weight excluding hydrogens is 236 g/mol. The number of ketones is 1. The van der Waals surface area contributed by atoms with Crippen LogP contribution in [0.15, 0.2) is 35.2 Å². The highest BCUT2D eigenvalue weighted by atomic mass is 32.2. The summed E-state index contributed by atoms with van der Waals surface area (Å²) in [6.07, 6.45) is -0.177. The van der Waals surface area contributed by atoms with E-state index < -0.39 is 10.7 Å². The molecule has 17 heavy (non-hydrogen) atoms. The fraction of sp³-hybridized carbons (Fsp3) is 0.385. The third-order valence-electron chi connectivity index (χ3n) is 2.32. The summed E-state index contributed by atoms with van der Waals surface area (Å²) in [6, 6.07) is 9.65. The minimum absolute atomic E-state index is 0.127. The van der Waals surface area contributed by atoms with Crippen molar-refractivity contribution in [2.45, 2.75) is 29.9 Å². The Labute approximate surface area is 106 Å². The van der Waals surface area contributed by atoms with Gasteiger partial charge < -0.3 is 4.74 Å². The van der Waals surface area contributed by atoms with E-state index >= 15 is 0 Å². The van der Waals surface area contributed by atoms with Gasteiger partial charge in [-0.1, -0.05) is 18.2 Å². The van der Waals surface area contributed by atoms with Gasteiger partial charge in [0.2, 0.25) is 0 Å². The van der Waals surface area contributed by atoms with Crippen molar-refractivity contribution in [3.8, 4) is 0 Å². The number of rotatable bonds is 5. The van der Waals surface area contributed by atoms with E-state index in [1.165, 1.54) is 18.9 Å². The van der Waals surface area contributed by atoms with E-state index in [1.54, 1.807) is 0 Å². The molecule has 0 aliphatic heterocycles. The minimum atomic E-state index is -0.629. The van der Waals surface area contributed by atoms with E-state index in [9.17, 15) is 9.59 Å². The number of methoxy groups -OCH3 is 1. The summed E-state index contributed by atoms with van der Waals surface area (Å²) in [6.45, 7) is 3.63. The number of ether oxygens (including phenoxy) is 1. The van der Waals surface area contributed by atoms with Crippen molar-refractivity contribution < 1.29 is 14.3 Å². The maximum atomic E-state index is 11.9. The molecule has 0 fully saturated rings. The number of esters is 1. The van der Waals surface area contributed by atoms with Gasteiger partial charge in [-0.15, -0.1) is 11.8 Å². The second kappa shape index (κ2) is 5.87. The third-order valence-corrected chi connectivity index (χ3v) is 3.57. The highest BCUT2D eigenvalue weighted by molar-refractivity contribution is 8.01. The van der Waals surface area contributed by atoms with Crippen LogP contribution in [-0.4, -0.2) is 23.6 Å². The van der Waals surface area contributed by atoms with Crippen molar-refractivity contribution >= 4 is 23.5 Å². The Balaban J connectivity index is 2.68. The van der Waals surface area contributed by atoms with Gasteiger partial charge in [0.05, 0.1) is 11.9 Å². The van der Waals surface area contributed by atoms with Gasteiger partial charge in [0.15, 0.2) is 5.78 Å². The van der Waals surface area contributed by atoms with Crippen LogP contribution in [0.3, 0.4) is 0 Å². The van der Waals surface area contributed by atoms with Crippen molar-refractivity contribution in [3.05, 3.63) is 30.3 Å². The van der Waals surface area contributed by atoms with Gasteiger partial charge in [0, 0.05) is 4.90 Å². The Bertz CT molecular complexity index is 398. The van der Waals surface area contributed by atoms with Gasteiger partial charge in [0.1, 0.15) is 6.42 Å². The Morgan fingerprint density at radius 3 is 2.35 bits per heavy atom. The van der Waals surface area contributed by atoms with Gasteiger partial charge in [-0.3, -0.25) is 9.59 Å². The van der Waals surface area contributed by atoms with Crippen LogP contribution >= 0.6 is 11.8 Å². The van der Waals surface area contributed by atoms with Crippen LogP contribution in [0.4, 0.5) is 0 Å². The SMILES string of the molecule is COC(=O)CC(=O)C(C)(C)Sc1ccccc1. The predicted molar refractivity (Wildman–Crippen MR) is 68.0 cm³/mol. The number of hydrogen-bond donors (Lipinski definition) is 0. The van der Waals surface area contributed by atoms with Gasteiger partial charge in [-0.05, 0) is 26.0 Å². The standard InChI is InChI=1S/C13H16O3S/c1-13(2,11(14)9-12(15)16-3)17-10-7-5-4-6-8-10/h4-8H,9H2,1-3H3. The van der Waals surface area contributed by atoms with E-state index in [2.05, 4.69) is 4.74 Å². The highest BCUT2D eigenvalue weighted by Crippen LogP contribution is 2.33. The largest absolute Gasteiger partial charge is 0.469 e. The molecule has 0 bridgehead atoms. The Kier molecular flexibility index (Phi) is 4.75. The molecule has 0 saturated carbocycles. The Hall–Kier alpha value is -1.29. The van der Waals surface area contributed by atoms with Crippen molar-refractivity contribution in [2.75, 3.05) is 7.11 Å². The van der Waals surface area contributed by atoms with Crippen LogP contribution in [0.25, 0.3) is 0 Å². The average molecular weight is 252 g/mol. The number of carbonyl (C=O) groups is 2. The van der Waals surface area contributed by atoms with Gasteiger partial charge >= 0.3 is 5.97 Å². The number of thioether (sulfide) groups is 1. The molecule has 92 valence electrons. The Morgan fingerprint density at radius 1 is 1.24 bits per heavy atom. The fourth-order valence-corrected chi connectivity index (χ4v) is 2.32.